The van der Waals surface area contributed by atoms with Gasteiger partial charge in [0.1, 0.15) is 0 Å². The average Bonchev–Trinajstić information content (AvgIpc) is 3.12. The van der Waals surface area contributed by atoms with E-state index in [2.05, 4.69) is 43.8 Å². The number of nitrogens with zero attached hydrogens (tertiary/aromatic N) is 4. The van der Waals surface area contributed by atoms with Crippen LogP contribution in [0.3, 0.4) is 0 Å². The summed E-state index contributed by atoms with van der Waals surface area (Å²) >= 11 is 12.0. The van der Waals surface area contributed by atoms with Gasteiger partial charge in [-0.2, -0.15) is 15.0 Å². The van der Waals surface area contributed by atoms with Crippen LogP contribution in [0, 0.1) is 0 Å². The van der Waals surface area contributed by atoms with Crippen molar-refractivity contribution in [1.82, 2.24) is 19.5 Å². The van der Waals surface area contributed by atoms with Gasteiger partial charge >= 0.3 is 0 Å². The predicted molar refractivity (Wildman–Crippen MR) is 103 cm³/mol. The summed E-state index contributed by atoms with van der Waals surface area (Å²) in [7, 11) is 0. The molecule has 4 rings (SSSR count). The first-order valence-corrected chi connectivity index (χ1v) is 8.82. The molecule has 2 aromatic carbocycles. The highest BCUT2D eigenvalue weighted by atomic mass is 35.5. The van der Waals surface area contributed by atoms with Crippen molar-refractivity contribution in [2.24, 2.45) is 0 Å². The molecule has 0 fully saturated rings. The molecule has 0 unspecified atom stereocenters. The van der Waals surface area contributed by atoms with E-state index in [0.717, 1.165) is 16.8 Å². The second-order valence-corrected chi connectivity index (χ2v) is 6.40. The van der Waals surface area contributed by atoms with E-state index in [1.165, 1.54) is 0 Å². The fraction of sp³-hybridized carbons (Fsp3) is 0.0500. The third-order valence-electron chi connectivity index (χ3n) is 4.10. The molecule has 4 aromatic rings. The Morgan fingerprint density at radius 1 is 0.654 bits per heavy atom. The van der Waals surface area contributed by atoms with E-state index in [-0.39, 0.29) is 16.6 Å². The van der Waals surface area contributed by atoms with Crippen molar-refractivity contribution in [1.29, 1.82) is 0 Å². The summed E-state index contributed by atoms with van der Waals surface area (Å²) in [6.07, 6.45) is 2.01. The Morgan fingerprint density at radius 3 is 1.73 bits per heavy atom. The van der Waals surface area contributed by atoms with Crippen LogP contribution < -0.4 is 0 Å². The molecule has 0 atom stereocenters. The number of benzene rings is 2. The number of hydrogen-bond donors (Lipinski definition) is 0. The summed E-state index contributed by atoms with van der Waals surface area (Å²) in [4.78, 5) is 12.3. The molecule has 128 valence electrons. The van der Waals surface area contributed by atoms with Gasteiger partial charge in [-0.25, -0.2) is 0 Å². The summed E-state index contributed by atoms with van der Waals surface area (Å²) in [5, 5.41) is 0.146. The first kappa shape index (κ1) is 16.8. The molecule has 4 nitrogen and oxygen atoms in total. The van der Waals surface area contributed by atoms with Crippen LogP contribution in [-0.2, 0) is 0 Å². The quantitative estimate of drug-likeness (QED) is 0.483. The van der Waals surface area contributed by atoms with Crippen molar-refractivity contribution in [3.8, 4) is 11.5 Å². The number of aromatic nitrogens is 4. The minimum absolute atomic E-state index is 0.0308. The molecule has 0 bridgehead atoms. The van der Waals surface area contributed by atoms with Crippen molar-refractivity contribution in [3.63, 3.8) is 0 Å². The Hall–Kier alpha value is -2.69. The highest BCUT2D eigenvalue weighted by Crippen LogP contribution is 2.31. The lowest BCUT2D eigenvalue weighted by Crippen LogP contribution is -2.13. The van der Waals surface area contributed by atoms with Crippen molar-refractivity contribution in [2.45, 2.75) is 6.04 Å². The molecule has 0 aliphatic carbocycles. The largest absolute Gasteiger partial charge is 0.333 e. The molecule has 0 N–H and O–H groups in total. The minimum Gasteiger partial charge on any atom is -0.333 e. The molecular formula is C20H14Cl2N4. The van der Waals surface area contributed by atoms with Crippen LogP contribution >= 0.6 is 23.2 Å². The first-order valence-electron chi connectivity index (χ1n) is 8.06. The van der Waals surface area contributed by atoms with Gasteiger partial charge in [-0.3, -0.25) is 0 Å². The molecule has 26 heavy (non-hydrogen) atoms. The zero-order chi connectivity index (χ0) is 17.9. The predicted octanol–water partition coefficient (Wildman–Crippen LogP) is 5.28. The van der Waals surface area contributed by atoms with Gasteiger partial charge in [0.05, 0.1) is 11.7 Å². The van der Waals surface area contributed by atoms with Gasteiger partial charge in [-0.1, -0.05) is 60.7 Å². The van der Waals surface area contributed by atoms with E-state index in [1.54, 1.807) is 0 Å². The van der Waals surface area contributed by atoms with E-state index < -0.39 is 0 Å². The van der Waals surface area contributed by atoms with Crippen molar-refractivity contribution < 1.29 is 0 Å². The first-order chi connectivity index (χ1) is 12.7. The van der Waals surface area contributed by atoms with Gasteiger partial charge in [0, 0.05) is 6.20 Å². The van der Waals surface area contributed by atoms with Crippen LogP contribution in [0.15, 0.2) is 79.0 Å². The Labute approximate surface area is 161 Å². The second-order valence-electron chi connectivity index (χ2n) is 5.72. The molecule has 0 saturated heterocycles. The van der Waals surface area contributed by atoms with Crippen LogP contribution in [0.5, 0.6) is 0 Å². The van der Waals surface area contributed by atoms with Crippen molar-refractivity contribution in [2.75, 3.05) is 0 Å². The Balaban J connectivity index is 1.90. The maximum atomic E-state index is 5.98. The van der Waals surface area contributed by atoms with E-state index in [9.17, 15) is 0 Å². The molecule has 0 aliphatic heterocycles. The van der Waals surface area contributed by atoms with Crippen LogP contribution in [-0.4, -0.2) is 19.5 Å². The van der Waals surface area contributed by atoms with Gasteiger partial charge < -0.3 is 4.57 Å². The number of hydrogen-bond acceptors (Lipinski definition) is 3. The van der Waals surface area contributed by atoms with E-state index in [0.29, 0.717) is 5.82 Å². The normalized spacial score (nSPS) is 11.0. The summed E-state index contributed by atoms with van der Waals surface area (Å²) in [5.41, 5.74) is 3.12. The van der Waals surface area contributed by atoms with Gasteiger partial charge in [0.25, 0.3) is 0 Å². The lowest BCUT2D eigenvalue weighted by Gasteiger charge is -2.22. The Bertz CT molecular complexity index is 957. The Kier molecular flexibility index (Phi) is 4.69. The monoisotopic (exact) mass is 380 g/mol. The van der Waals surface area contributed by atoms with Crippen LogP contribution in [0.2, 0.25) is 10.6 Å². The van der Waals surface area contributed by atoms with E-state index in [1.807, 2.05) is 54.7 Å². The summed E-state index contributed by atoms with van der Waals surface area (Å²) in [6.45, 7) is 0. The highest BCUT2D eigenvalue weighted by Gasteiger charge is 2.20. The van der Waals surface area contributed by atoms with Gasteiger partial charge in [-0.15, -0.1) is 0 Å². The average molecular weight is 381 g/mol. The third kappa shape index (κ3) is 3.34. The zero-order valence-corrected chi connectivity index (χ0v) is 15.1. The topological polar surface area (TPSA) is 43.6 Å². The van der Waals surface area contributed by atoms with E-state index in [4.69, 9.17) is 23.2 Å². The molecule has 0 spiro atoms. The lowest BCUT2D eigenvalue weighted by atomic mass is 9.98. The summed E-state index contributed by atoms with van der Waals surface area (Å²) in [5.74, 6) is 0.442. The number of rotatable bonds is 4. The molecule has 2 heterocycles. The maximum Gasteiger partial charge on any atom is 0.227 e. The molecule has 0 radical (unpaired) electrons. The molecule has 2 aromatic heterocycles. The van der Waals surface area contributed by atoms with Gasteiger partial charge in [0.15, 0.2) is 5.82 Å². The molecular weight excluding hydrogens is 367 g/mol. The van der Waals surface area contributed by atoms with Crippen LogP contribution in [0.4, 0.5) is 0 Å². The van der Waals surface area contributed by atoms with E-state index >= 15 is 0 Å². The minimum atomic E-state index is -0.0308. The maximum absolute atomic E-state index is 5.98. The van der Waals surface area contributed by atoms with Crippen molar-refractivity contribution in [3.05, 3.63) is 101 Å². The van der Waals surface area contributed by atoms with Gasteiger partial charge in [0.2, 0.25) is 10.6 Å². The molecule has 0 saturated carbocycles. The number of halogens is 2. The Morgan fingerprint density at radius 2 is 1.19 bits per heavy atom. The fourth-order valence-corrected chi connectivity index (χ4v) is 3.40. The fourth-order valence-electron chi connectivity index (χ4n) is 3.03. The third-order valence-corrected chi connectivity index (χ3v) is 4.44. The van der Waals surface area contributed by atoms with Crippen molar-refractivity contribution >= 4 is 23.2 Å². The molecule has 0 aliphatic rings. The zero-order valence-electron chi connectivity index (χ0n) is 13.6. The highest BCUT2D eigenvalue weighted by molar-refractivity contribution is 6.31. The SMILES string of the molecule is Clc1nc(Cl)nc(-c2cccn2C(c2ccccc2)c2ccccc2)n1. The van der Waals surface area contributed by atoms with Crippen LogP contribution in [0.25, 0.3) is 11.5 Å². The van der Waals surface area contributed by atoms with Gasteiger partial charge in [-0.05, 0) is 46.5 Å². The summed E-state index contributed by atoms with van der Waals surface area (Å²) < 4.78 is 2.12. The smallest absolute Gasteiger partial charge is 0.227 e. The summed E-state index contributed by atoms with van der Waals surface area (Å²) in [6, 6.07) is 24.4. The second kappa shape index (κ2) is 7.28. The molecule has 0 amide bonds. The van der Waals surface area contributed by atoms with Crippen LogP contribution in [0.1, 0.15) is 17.2 Å². The lowest BCUT2D eigenvalue weighted by molar-refractivity contribution is 0.685. The standard InChI is InChI=1S/C20H14Cl2N4/c21-19-23-18(24-20(22)25-19)16-12-7-13-26(16)17(14-8-3-1-4-9-14)15-10-5-2-6-11-15/h1-13,17H. The molecule has 6 heteroatoms.